The minimum absolute atomic E-state index is 0.225. The summed E-state index contributed by atoms with van der Waals surface area (Å²) in [6.45, 7) is 4.19. The molecule has 118 valence electrons. The summed E-state index contributed by atoms with van der Waals surface area (Å²) < 4.78 is 0.925. The van der Waals surface area contributed by atoms with E-state index < -0.39 is 0 Å². The molecule has 0 aliphatic carbocycles. The molecule has 1 N–H and O–H groups in total. The Labute approximate surface area is 149 Å². The molecule has 0 amide bonds. The van der Waals surface area contributed by atoms with Crippen molar-refractivity contribution in [1.82, 2.24) is 10.2 Å². The van der Waals surface area contributed by atoms with Crippen molar-refractivity contribution in [2.75, 3.05) is 5.32 Å². The Morgan fingerprint density at radius 1 is 1.09 bits per heavy atom. The van der Waals surface area contributed by atoms with Gasteiger partial charge in [-0.05, 0) is 37.1 Å². The predicted molar refractivity (Wildman–Crippen MR) is 100 cm³/mol. The van der Waals surface area contributed by atoms with Crippen molar-refractivity contribution in [3.05, 3.63) is 64.7 Å². The molecule has 1 atom stereocenters. The summed E-state index contributed by atoms with van der Waals surface area (Å²) in [5, 5.41) is 13.6. The van der Waals surface area contributed by atoms with Crippen LogP contribution in [0.25, 0.3) is 0 Å². The molecular weight excluding hydrogens is 346 g/mol. The van der Waals surface area contributed by atoms with Gasteiger partial charge in [-0.3, -0.25) is 0 Å². The summed E-state index contributed by atoms with van der Waals surface area (Å²) in [6, 6.07) is 16.0. The van der Waals surface area contributed by atoms with Gasteiger partial charge in [-0.25, -0.2) is 0 Å². The molecule has 3 aromatic rings. The second-order valence-electron chi connectivity index (χ2n) is 5.09. The number of aromatic nitrogens is 2. The maximum atomic E-state index is 6.26. The first-order valence-corrected chi connectivity index (χ1v) is 9.28. The SMILES string of the molecule is Cc1ccccc1Nc1nnc(S[C@H](C)c2ccccc2Cl)s1. The molecule has 0 aliphatic heterocycles. The summed E-state index contributed by atoms with van der Waals surface area (Å²) in [6.07, 6.45) is 0. The maximum Gasteiger partial charge on any atom is 0.210 e. The zero-order chi connectivity index (χ0) is 16.2. The van der Waals surface area contributed by atoms with Crippen molar-refractivity contribution in [2.45, 2.75) is 23.4 Å². The number of hydrogen-bond acceptors (Lipinski definition) is 5. The molecule has 23 heavy (non-hydrogen) atoms. The van der Waals surface area contributed by atoms with Crippen LogP contribution in [-0.2, 0) is 0 Å². The Balaban J connectivity index is 1.70. The highest BCUT2D eigenvalue weighted by molar-refractivity contribution is 8.01. The third kappa shape index (κ3) is 4.05. The number of para-hydroxylation sites is 1. The number of halogens is 1. The van der Waals surface area contributed by atoms with Crippen molar-refractivity contribution in [3.63, 3.8) is 0 Å². The molecule has 2 aromatic carbocycles. The Kier molecular flexibility index (Phi) is 5.20. The number of nitrogens with one attached hydrogen (secondary N) is 1. The lowest BCUT2D eigenvalue weighted by atomic mass is 10.2. The number of rotatable bonds is 5. The molecule has 3 nitrogen and oxygen atoms in total. The van der Waals surface area contributed by atoms with E-state index in [2.05, 4.69) is 35.4 Å². The molecule has 0 bridgehead atoms. The van der Waals surface area contributed by atoms with Crippen LogP contribution in [0.1, 0.15) is 23.3 Å². The molecule has 0 spiro atoms. The van der Waals surface area contributed by atoms with Crippen molar-refractivity contribution in [1.29, 1.82) is 0 Å². The quantitative estimate of drug-likeness (QED) is 0.557. The van der Waals surface area contributed by atoms with Crippen LogP contribution in [0.5, 0.6) is 0 Å². The van der Waals surface area contributed by atoms with Gasteiger partial charge < -0.3 is 5.32 Å². The largest absolute Gasteiger partial charge is 0.330 e. The number of benzene rings is 2. The van der Waals surface area contributed by atoms with Gasteiger partial charge in [0.15, 0.2) is 4.34 Å². The number of hydrogen-bond donors (Lipinski definition) is 1. The molecule has 3 rings (SSSR count). The standard InChI is InChI=1S/C17H16ClN3S2/c1-11-7-3-6-10-15(11)19-16-20-21-17(23-16)22-12(2)13-8-4-5-9-14(13)18/h3-10,12H,1-2H3,(H,19,20)/t12-/m1/s1. The smallest absolute Gasteiger partial charge is 0.210 e. The van der Waals surface area contributed by atoms with E-state index in [1.165, 1.54) is 5.56 Å². The van der Waals surface area contributed by atoms with Gasteiger partial charge >= 0.3 is 0 Å². The Morgan fingerprint density at radius 3 is 2.61 bits per heavy atom. The molecule has 6 heteroatoms. The van der Waals surface area contributed by atoms with Gasteiger partial charge in [-0.15, -0.1) is 10.2 Å². The van der Waals surface area contributed by atoms with Crippen molar-refractivity contribution < 1.29 is 0 Å². The molecule has 0 radical (unpaired) electrons. The van der Waals surface area contributed by atoms with Crippen LogP contribution < -0.4 is 5.32 Å². The van der Waals surface area contributed by atoms with Crippen LogP contribution in [-0.4, -0.2) is 10.2 Å². The Bertz CT molecular complexity index is 804. The fourth-order valence-electron chi connectivity index (χ4n) is 2.16. The third-order valence-electron chi connectivity index (χ3n) is 3.41. The van der Waals surface area contributed by atoms with Crippen LogP contribution >= 0.6 is 34.7 Å². The zero-order valence-electron chi connectivity index (χ0n) is 12.8. The molecule has 0 saturated carbocycles. The molecule has 1 aromatic heterocycles. The van der Waals surface area contributed by atoms with E-state index >= 15 is 0 Å². The van der Waals surface area contributed by atoms with E-state index in [9.17, 15) is 0 Å². The maximum absolute atomic E-state index is 6.26. The average Bonchev–Trinajstić information content (AvgIpc) is 2.97. The van der Waals surface area contributed by atoms with Gasteiger partial charge in [0, 0.05) is 16.0 Å². The minimum Gasteiger partial charge on any atom is -0.330 e. The Hall–Kier alpha value is -1.56. The molecule has 0 unspecified atom stereocenters. The van der Waals surface area contributed by atoms with E-state index in [-0.39, 0.29) is 5.25 Å². The highest BCUT2D eigenvalue weighted by Crippen LogP contribution is 2.40. The van der Waals surface area contributed by atoms with Crippen LogP contribution in [0, 0.1) is 6.92 Å². The number of aryl methyl sites for hydroxylation is 1. The zero-order valence-corrected chi connectivity index (χ0v) is 15.2. The van der Waals surface area contributed by atoms with Gasteiger partial charge in [0.05, 0.1) is 0 Å². The lowest BCUT2D eigenvalue weighted by molar-refractivity contribution is 1.00. The van der Waals surface area contributed by atoms with Gasteiger partial charge in [-0.1, -0.05) is 71.1 Å². The van der Waals surface area contributed by atoms with Crippen LogP contribution in [0.4, 0.5) is 10.8 Å². The van der Waals surface area contributed by atoms with Crippen molar-refractivity contribution in [2.24, 2.45) is 0 Å². The van der Waals surface area contributed by atoms with Crippen molar-refractivity contribution >= 4 is 45.5 Å². The van der Waals surface area contributed by atoms with Crippen LogP contribution in [0.2, 0.25) is 5.02 Å². The fraction of sp³-hybridized carbons (Fsp3) is 0.176. The summed E-state index contributed by atoms with van der Waals surface area (Å²) in [7, 11) is 0. The normalized spacial score (nSPS) is 12.1. The topological polar surface area (TPSA) is 37.8 Å². The highest BCUT2D eigenvalue weighted by Gasteiger charge is 2.14. The Morgan fingerprint density at radius 2 is 1.83 bits per heavy atom. The lowest BCUT2D eigenvalue weighted by Crippen LogP contribution is -1.91. The average molecular weight is 362 g/mol. The molecule has 0 fully saturated rings. The second kappa shape index (κ2) is 7.34. The number of thioether (sulfide) groups is 1. The van der Waals surface area contributed by atoms with Crippen LogP contribution in [0.15, 0.2) is 52.9 Å². The summed E-state index contributed by atoms with van der Waals surface area (Å²) in [5.41, 5.74) is 3.35. The minimum atomic E-state index is 0.225. The summed E-state index contributed by atoms with van der Waals surface area (Å²) >= 11 is 9.48. The second-order valence-corrected chi connectivity index (χ2v) is 8.07. The fourth-order valence-corrected chi connectivity index (χ4v) is 4.59. The summed E-state index contributed by atoms with van der Waals surface area (Å²) in [4.78, 5) is 0. The predicted octanol–water partition coefficient (Wildman–Crippen LogP) is 6.10. The van der Waals surface area contributed by atoms with Gasteiger partial charge in [0.2, 0.25) is 5.13 Å². The van der Waals surface area contributed by atoms with E-state index in [4.69, 9.17) is 11.6 Å². The van der Waals surface area contributed by atoms with Gasteiger partial charge in [0.1, 0.15) is 0 Å². The molecule has 1 heterocycles. The van der Waals surface area contributed by atoms with E-state index in [0.717, 1.165) is 25.7 Å². The van der Waals surface area contributed by atoms with E-state index in [1.54, 1.807) is 23.1 Å². The molecular formula is C17H16ClN3S2. The monoisotopic (exact) mass is 361 g/mol. The highest BCUT2D eigenvalue weighted by atomic mass is 35.5. The third-order valence-corrected chi connectivity index (χ3v) is 5.82. The van der Waals surface area contributed by atoms with Gasteiger partial charge in [0.25, 0.3) is 0 Å². The first-order valence-electron chi connectivity index (χ1n) is 7.20. The van der Waals surface area contributed by atoms with Crippen LogP contribution in [0.3, 0.4) is 0 Å². The number of nitrogens with zero attached hydrogens (tertiary/aromatic N) is 2. The molecule has 0 saturated heterocycles. The van der Waals surface area contributed by atoms with Gasteiger partial charge in [-0.2, -0.15) is 0 Å². The number of anilines is 2. The summed E-state index contributed by atoms with van der Waals surface area (Å²) in [5.74, 6) is 0. The lowest BCUT2D eigenvalue weighted by Gasteiger charge is -2.10. The van der Waals surface area contributed by atoms with E-state index in [0.29, 0.717) is 0 Å². The first kappa shape index (κ1) is 16.3. The van der Waals surface area contributed by atoms with E-state index in [1.807, 2.05) is 42.5 Å². The first-order chi connectivity index (χ1) is 11.1. The van der Waals surface area contributed by atoms with Crippen molar-refractivity contribution in [3.8, 4) is 0 Å². The molecule has 0 aliphatic rings.